The molecule has 1 aromatic heterocycles. The van der Waals surface area contributed by atoms with Gasteiger partial charge in [0.25, 0.3) is 5.91 Å². The molecule has 1 aliphatic heterocycles. The molecule has 7 heteroatoms. The number of likely N-dealkylation sites (tertiary alicyclic amines) is 1. The first-order valence-corrected chi connectivity index (χ1v) is 10.1. The number of benzene rings is 2. The first-order chi connectivity index (χ1) is 14.1. The quantitative estimate of drug-likeness (QED) is 0.656. The smallest absolute Gasteiger partial charge is 0.258 e. The van der Waals surface area contributed by atoms with Gasteiger partial charge >= 0.3 is 0 Å². The van der Waals surface area contributed by atoms with Crippen molar-refractivity contribution in [2.75, 3.05) is 18.4 Å². The van der Waals surface area contributed by atoms with Crippen molar-refractivity contribution in [2.24, 2.45) is 0 Å². The first kappa shape index (κ1) is 19.5. The van der Waals surface area contributed by atoms with Gasteiger partial charge in [0.05, 0.1) is 22.8 Å². The lowest BCUT2D eigenvalue weighted by Crippen LogP contribution is -2.35. The molecule has 1 amide bonds. The molecule has 0 saturated carbocycles. The van der Waals surface area contributed by atoms with Crippen LogP contribution in [0.4, 0.5) is 5.82 Å². The number of aromatic hydroxyl groups is 1. The Kier molecular flexibility index (Phi) is 5.83. The van der Waals surface area contributed by atoms with Gasteiger partial charge in [-0.3, -0.25) is 9.69 Å². The summed E-state index contributed by atoms with van der Waals surface area (Å²) in [6.45, 7) is 2.67. The van der Waals surface area contributed by atoms with Crippen molar-refractivity contribution in [3.8, 4) is 5.75 Å². The molecule has 1 aliphatic rings. The Balaban J connectivity index is 1.38. The number of nitrogens with one attached hydrogen (secondary N) is 1. The molecule has 0 spiro atoms. The number of carbonyl (C=O) groups is 1. The van der Waals surface area contributed by atoms with Crippen LogP contribution in [-0.2, 0) is 6.54 Å². The van der Waals surface area contributed by atoms with Crippen LogP contribution in [0, 0.1) is 0 Å². The van der Waals surface area contributed by atoms with Gasteiger partial charge in [0, 0.05) is 25.7 Å². The summed E-state index contributed by atoms with van der Waals surface area (Å²) in [7, 11) is 0. The molecule has 2 heterocycles. The molecule has 3 aromatic rings. The van der Waals surface area contributed by atoms with E-state index in [1.54, 1.807) is 36.5 Å². The van der Waals surface area contributed by atoms with Crippen molar-refractivity contribution in [3.05, 3.63) is 76.9 Å². The summed E-state index contributed by atoms with van der Waals surface area (Å²) < 4.78 is 1.90. The maximum absolute atomic E-state index is 12.6. The number of hydrogen-bond acceptors (Lipinski definition) is 4. The molecule has 4 rings (SSSR count). The second-order valence-corrected chi connectivity index (χ2v) is 7.68. The van der Waals surface area contributed by atoms with Crippen LogP contribution in [0.25, 0.3) is 0 Å². The Morgan fingerprint density at radius 1 is 1.14 bits per heavy atom. The minimum absolute atomic E-state index is 0.229. The number of aromatic nitrogens is 2. The highest BCUT2D eigenvalue weighted by Gasteiger charge is 2.23. The van der Waals surface area contributed by atoms with Gasteiger partial charge in [-0.05, 0) is 42.7 Å². The lowest BCUT2D eigenvalue weighted by molar-refractivity contribution is 0.102. The predicted octanol–water partition coefficient (Wildman–Crippen LogP) is 4.33. The van der Waals surface area contributed by atoms with E-state index >= 15 is 0 Å². The minimum Gasteiger partial charge on any atom is -0.508 e. The summed E-state index contributed by atoms with van der Waals surface area (Å²) in [6.07, 6.45) is 3.59. The van der Waals surface area contributed by atoms with Crippen molar-refractivity contribution in [1.82, 2.24) is 14.7 Å². The molecule has 6 nitrogen and oxygen atoms in total. The number of piperidine rings is 1. The summed E-state index contributed by atoms with van der Waals surface area (Å²) in [5, 5.41) is 17.5. The summed E-state index contributed by atoms with van der Waals surface area (Å²) in [6, 6.07) is 16.4. The molecule has 0 radical (unpaired) electrons. The zero-order valence-electron chi connectivity index (χ0n) is 16.0. The second kappa shape index (κ2) is 8.68. The molecule has 0 bridgehead atoms. The van der Waals surface area contributed by atoms with E-state index in [0.717, 1.165) is 38.0 Å². The molecule has 1 saturated heterocycles. The largest absolute Gasteiger partial charge is 0.508 e. The van der Waals surface area contributed by atoms with Gasteiger partial charge in [0.15, 0.2) is 0 Å². The van der Waals surface area contributed by atoms with Crippen LogP contribution < -0.4 is 5.32 Å². The summed E-state index contributed by atoms with van der Waals surface area (Å²) in [5.41, 5.74) is 1.55. The van der Waals surface area contributed by atoms with Crippen LogP contribution in [0.3, 0.4) is 0 Å². The predicted molar refractivity (Wildman–Crippen MR) is 113 cm³/mol. The van der Waals surface area contributed by atoms with E-state index in [2.05, 4.69) is 15.3 Å². The average molecular weight is 411 g/mol. The minimum atomic E-state index is -0.237. The number of amides is 1. The second-order valence-electron chi connectivity index (χ2n) is 7.27. The van der Waals surface area contributed by atoms with E-state index in [4.69, 9.17) is 11.6 Å². The van der Waals surface area contributed by atoms with Crippen molar-refractivity contribution in [3.63, 3.8) is 0 Å². The van der Waals surface area contributed by atoms with E-state index in [1.807, 2.05) is 28.9 Å². The molecular weight excluding hydrogens is 388 g/mol. The number of phenolic OH excluding ortho intramolecular Hbond substituents is 1. The number of anilines is 1. The van der Waals surface area contributed by atoms with E-state index in [9.17, 15) is 9.90 Å². The highest BCUT2D eigenvalue weighted by atomic mass is 35.5. The van der Waals surface area contributed by atoms with Crippen LogP contribution in [0.5, 0.6) is 5.75 Å². The number of nitrogens with zero attached hydrogens (tertiary/aromatic N) is 3. The van der Waals surface area contributed by atoms with Gasteiger partial charge in [0.1, 0.15) is 11.6 Å². The topological polar surface area (TPSA) is 70.4 Å². The normalized spacial score (nSPS) is 15.3. The molecule has 150 valence electrons. The lowest BCUT2D eigenvalue weighted by Gasteiger charge is -2.32. The van der Waals surface area contributed by atoms with E-state index in [1.165, 1.54) is 0 Å². The van der Waals surface area contributed by atoms with Crippen LogP contribution in [0.15, 0.2) is 60.8 Å². The summed E-state index contributed by atoms with van der Waals surface area (Å²) >= 11 is 6.14. The van der Waals surface area contributed by atoms with Crippen molar-refractivity contribution in [2.45, 2.75) is 25.4 Å². The fourth-order valence-electron chi connectivity index (χ4n) is 3.77. The zero-order valence-corrected chi connectivity index (χ0v) is 16.7. The Morgan fingerprint density at radius 3 is 2.69 bits per heavy atom. The lowest BCUT2D eigenvalue weighted by atomic mass is 10.0. The molecule has 0 unspecified atom stereocenters. The third-order valence-corrected chi connectivity index (χ3v) is 5.58. The zero-order chi connectivity index (χ0) is 20.2. The number of halogens is 1. The average Bonchev–Trinajstić information content (AvgIpc) is 3.17. The summed E-state index contributed by atoms with van der Waals surface area (Å²) in [5.74, 6) is 0.743. The molecule has 2 N–H and O–H groups in total. The first-order valence-electron chi connectivity index (χ1n) is 9.70. The maximum atomic E-state index is 12.6. The standard InChI is InChI=1S/C22H23ClN4O2/c23-20-7-2-1-6-19(20)22(29)25-21-8-11-24-27(21)17-9-12-26(13-10-17)15-16-4-3-5-18(28)14-16/h1-8,11,14,17,28H,9-10,12-13,15H2,(H,25,29). The molecule has 0 atom stereocenters. The van der Waals surface area contributed by atoms with E-state index in [0.29, 0.717) is 22.2 Å². The van der Waals surface area contributed by atoms with Crippen molar-refractivity contribution >= 4 is 23.3 Å². The van der Waals surface area contributed by atoms with Crippen LogP contribution in [-0.4, -0.2) is 38.8 Å². The summed E-state index contributed by atoms with van der Waals surface area (Å²) in [4.78, 5) is 15.0. The van der Waals surface area contributed by atoms with Crippen LogP contribution in [0.1, 0.15) is 34.8 Å². The third kappa shape index (κ3) is 4.60. The highest BCUT2D eigenvalue weighted by molar-refractivity contribution is 6.34. The van der Waals surface area contributed by atoms with Gasteiger partial charge < -0.3 is 10.4 Å². The monoisotopic (exact) mass is 410 g/mol. The Bertz CT molecular complexity index is 996. The van der Waals surface area contributed by atoms with Crippen molar-refractivity contribution in [1.29, 1.82) is 0 Å². The fraction of sp³-hybridized carbons (Fsp3) is 0.273. The Hall–Kier alpha value is -2.83. The molecular formula is C22H23ClN4O2. The van der Waals surface area contributed by atoms with Gasteiger partial charge in [-0.25, -0.2) is 4.68 Å². The van der Waals surface area contributed by atoms with Gasteiger partial charge in [-0.2, -0.15) is 5.10 Å². The number of hydrogen-bond donors (Lipinski definition) is 2. The Labute approximate surface area is 174 Å². The SMILES string of the molecule is O=C(Nc1ccnn1C1CCN(Cc2cccc(O)c2)CC1)c1ccccc1Cl. The maximum Gasteiger partial charge on any atom is 0.258 e. The van der Waals surface area contributed by atoms with Gasteiger partial charge in [-0.1, -0.05) is 35.9 Å². The fourth-order valence-corrected chi connectivity index (χ4v) is 3.99. The number of carbonyl (C=O) groups excluding carboxylic acids is 1. The van der Waals surface area contributed by atoms with Gasteiger partial charge in [-0.15, -0.1) is 0 Å². The van der Waals surface area contributed by atoms with Crippen LogP contribution >= 0.6 is 11.6 Å². The van der Waals surface area contributed by atoms with Crippen molar-refractivity contribution < 1.29 is 9.90 Å². The molecule has 29 heavy (non-hydrogen) atoms. The molecule has 0 aliphatic carbocycles. The Morgan fingerprint density at radius 2 is 1.93 bits per heavy atom. The van der Waals surface area contributed by atoms with E-state index in [-0.39, 0.29) is 11.9 Å². The third-order valence-electron chi connectivity index (χ3n) is 5.25. The van der Waals surface area contributed by atoms with Crippen LogP contribution in [0.2, 0.25) is 5.02 Å². The molecule has 1 fully saturated rings. The highest BCUT2D eigenvalue weighted by Crippen LogP contribution is 2.27. The number of phenols is 1. The number of rotatable bonds is 5. The molecule has 2 aromatic carbocycles. The van der Waals surface area contributed by atoms with Gasteiger partial charge in [0.2, 0.25) is 0 Å². The van der Waals surface area contributed by atoms with E-state index < -0.39 is 0 Å².